The van der Waals surface area contributed by atoms with Gasteiger partial charge in [-0.25, -0.2) is 4.79 Å². The Morgan fingerprint density at radius 3 is 2.22 bits per heavy atom. The first-order chi connectivity index (χ1) is 17.4. The monoisotopic (exact) mass is 490 g/mol. The third-order valence-corrected chi connectivity index (χ3v) is 5.42. The van der Waals surface area contributed by atoms with Gasteiger partial charge in [-0.05, 0) is 53.9 Å². The molecule has 0 saturated heterocycles. The van der Waals surface area contributed by atoms with Gasteiger partial charge in [0.2, 0.25) is 0 Å². The second-order valence-electron chi connectivity index (χ2n) is 8.09. The predicted octanol–water partition coefficient (Wildman–Crippen LogP) is 4.09. The second kappa shape index (κ2) is 12.9. The summed E-state index contributed by atoms with van der Waals surface area (Å²) in [5.74, 6) is -0.213. The molecule has 0 heterocycles. The highest BCUT2D eigenvalue weighted by atomic mass is 16.5. The number of hydrogen-bond donors (Lipinski definition) is 1. The Kier molecular flexibility index (Phi) is 9.45. The van der Waals surface area contributed by atoms with Crippen LogP contribution in [0.4, 0.5) is 5.69 Å². The molecule has 0 atom stereocenters. The van der Waals surface area contributed by atoms with E-state index in [0.717, 1.165) is 12.0 Å². The van der Waals surface area contributed by atoms with E-state index in [4.69, 9.17) is 14.2 Å². The Balaban J connectivity index is 1.42. The zero-order chi connectivity index (χ0) is 25.9. The number of anilines is 1. The van der Waals surface area contributed by atoms with Crippen molar-refractivity contribution in [3.8, 4) is 11.5 Å². The molecule has 0 aliphatic heterocycles. The van der Waals surface area contributed by atoms with Crippen LogP contribution in [0.2, 0.25) is 0 Å². The summed E-state index contributed by atoms with van der Waals surface area (Å²) in [6.45, 7) is 1.95. The first-order valence-corrected chi connectivity index (χ1v) is 11.5. The van der Waals surface area contributed by atoms with Gasteiger partial charge in [-0.3, -0.25) is 9.59 Å². The van der Waals surface area contributed by atoms with Crippen LogP contribution < -0.4 is 14.8 Å². The summed E-state index contributed by atoms with van der Waals surface area (Å²) in [5, 5.41) is 2.72. The van der Waals surface area contributed by atoms with E-state index in [1.807, 2.05) is 24.3 Å². The number of benzene rings is 3. The first-order valence-electron chi connectivity index (χ1n) is 11.5. The average molecular weight is 491 g/mol. The average Bonchev–Trinajstić information content (AvgIpc) is 2.91. The number of rotatable bonds is 11. The van der Waals surface area contributed by atoms with E-state index in [1.54, 1.807) is 50.6 Å². The maximum Gasteiger partial charge on any atom is 0.338 e. The van der Waals surface area contributed by atoms with E-state index >= 15 is 0 Å². The molecule has 0 radical (unpaired) electrons. The summed E-state index contributed by atoms with van der Waals surface area (Å²) in [4.78, 5) is 38.3. The lowest BCUT2D eigenvalue weighted by molar-refractivity contribution is -0.133. The molecule has 0 fully saturated rings. The fourth-order valence-corrected chi connectivity index (χ4v) is 3.30. The number of carbonyl (C=O) groups is 3. The van der Waals surface area contributed by atoms with Gasteiger partial charge in [0.25, 0.3) is 11.8 Å². The standard InChI is InChI=1S/C28H30N2O6/c1-4-20-8-10-21(11-9-20)17-30(2)27(32)19-36-28(33)22-12-14-24(15-13-22)35-18-26(31)29-23-6-5-7-25(16-23)34-3/h5-16H,4,17-19H2,1-3H3,(H,29,31). The van der Waals surface area contributed by atoms with Crippen LogP contribution in [0.3, 0.4) is 0 Å². The third-order valence-electron chi connectivity index (χ3n) is 5.42. The molecule has 1 N–H and O–H groups in total. The number of esters is 1. The molecule has 188 valence electrons. The van der Waals surface area contributed by atoms with Crippen molar-refractivity contribution >= 4 is 23.5 Å². The van der Waals surface area contributed by atoms with E-state index in [0.29, 0.717) is 23.7 Å². The molecule has 8 nitrogen and oxygen atoms in total. The summed E-state index contributed by atoms with van der Waals surface area (Å²) in [6, 6.07) is 21.2. The van der Waals surface area contributed by atoms with Crippen molar-refractivity contribution in [2.45, 2.75) is 19.9 Å². The molecule has 0 saturated carbocycles. The highest BCUT2D eigenvalue weighted by Gasteiger charge is 2.14. The zero-order valence-corrected chi connectivity index (χ0v) is 20.7. The molecular weight excluding hydrogens is 460 g/mol. The molecular formula is C28H30N2O6. The van der Waals surface area contributed by atoms with E-state index in [-0.39, 0.29) is 30.6 Å². The van der Waals surface area contributed by atoms with Gasteiger partial charge < -0.3 is 24.4 Å². The molecule has 0 spiro atoms. The minimum Gasteiger partial charge on any atom is -0.497 e. The van der Waals surface area contributed by atoms with E-state index in [2.05, 4.69) is 12.2 Å². The SMILES string of the molecule is CCc1ccc(CN(C)C(=O)COC(=O)c2ccc(OCC(=O)Nc3cccc(OC)c3)cc2)cc1. The smallest absolute Gasteiger partial charge is 0.338 e. The van der Waals surface area contributed by atoms with Crippen molar-refractivity contribution in [2.24, 2.45) is 0 Å². The van der Waals surface area contributed by atoms with Crippen molar-refractivity contribution in [2.75, 3.05) is 32.7 Å². The van der Waals surface area contributed by atoms with E-state index < -0.39 is 5.97 Å². The molecule has 2 amide bonds. The number of hydrogen-bond acceptors (Lipinski definition) is 6. The van der Waals surface area contributed by atoms with Crippen molar-refractivity contribution < 1.29 is 28.6 Å². The van der Waals surface area contributed by atoms with Gasteiger partial charge in [-0.2, -0.15) is 0 Å². The summed E-state index contributed by atoms with van der Waals surface area (Å²) < 4.78 is 15.8. The normalized spacial score (nSPS) is 10.3. The molecule has 3 aromatic carbocycles. The Morgan fingerprint density at radius 2 is 1.56 bits per heavy atom. The Hall–Kier alpha value is -4.33. The Labute approximate surface area is 210 Å². The third kappa shape index (κ3) is 7.87. The molecule has 8 heteroatoms. The van der Waals surface area contributed by atoms with Crippen LogP contribution in [0.5, 0.6) is 11.5 Å². The van der Waals surface area contributed by atoms with Crippen molar-refractivity contribution in [1.29, 1.82) is 0 Å². The van der Waals surface area contributed by atoms with Gasteiger partial charge in [-0.15, -0.1) is 0 Å². The van der Waals surface area contributed by atoms with Gasteiger partial charge in [0, 0.05) is 25.3 Å². The molecule has 3 rings (SSSR count). The number of methoxy groups -OCH3 is 1. The predicted molar refractivity (Wildman–Crippen MR) is 136 cm³/mol. The fraction of sp³-hybridized carbons (Fsp3) is 0.250. The Morgan fingerprint density at radius 1 is 0.861 bits per heavy atom. The molecule has 0 aliphatic rings. The largest absolute Gasteiger partial charge is 0.497 e. The van der Waals surface area contributed by atoms with Gasteiger partial charge in [0.05, 0.1) is 12.7 Å². The van der Waals surface area contributed by atoms with Crippen molar-refractivity contribution in [3.05, 3.63) is 89.5 Å². The molecule has 0 unspecified atom stereocenters. The minimum absolute atomic E-state index is 0.205. The minimum atomic E-state index is -0.619. The lowest BCUT2D eigenvalue weighted by Crippen LogP contribution is -2.30. The van der Waals surface area contributed by atoms with Crippen LogP contribution in [-0.2, 0) is 27.3 Å². The number of ether oxygens (including phenoxy) is 3. The van der Waals surface area contributed by atoms with Crippen LogP contribution >= 0.6 is 0 Å². The number of aryl methyl sites for hydroxylation is 1. The van der Waals surface area contributed by atoms with Crippen LogP contribution in [0.1, 0.15) is 28.4 Å². The number of likely N-dealkylation sites (N-methyl/N-ethyl adjacent to an activating group) is 1. The fourth-order valence-electron chi connectivity index (χ4n) is 3.30. The van der Waals surface area contributed by atoms with Crippen LogP contribution in [0.25, 0.3) is 0 Å². The molecule has 3 aromatic rings. The molecule has 36 heavy (non-hydrogen) atoms. The lowest BCUT2D eigenvalue weighted by Gasteiger charge is -2.17. The first kappa shape index (κ1) is 26.3. The Bertz CT molecular complexity index is 1180. The number of nitrogens with one attached hydrogen (secondary N) is 1. The molecule has 0 aromatic heterocycles. The summed E-state index contributed by atoms with van der Waals surface area (Å²) >= 11 is 0. The molecule has 0 bridgehead atoms. The maximum absolute atomic E-state index is 12.4. The van der Waals surface area contributed by atoms with Gasteiger partial charge in [-0.1, -0.05) is 37.3 Å². The van der Waals surface area contributed by atoms with Crippen LogP contribution in [0.15, 0.2) is 72.8 Å². The zero-order valence-electron chi connectivity index (χ0n) is 20.7. The van der Waals surface area contributed by atoms with Gasteiger partial charge in [0.1, 0.15) is 11.5 Å². The maximum atomic E-state index is 12.4. The van der Waals surface area contributed by atoms with Crippen LogP contribution in [0, 0.1) is 0 Å². The van der Waals surface area contributed by atoms with Crippen LogP contribution in [-0.4, -0.2) is 50.1 Å². The highest BCUT2D eigenvalue weighted by Crippen LogP contribution is 2.17. The second-order valence-corrected chi connectivity index (χ2v) is 8.09. The van der Waals surface area contributed by atoms with E-state index in [9.17, 15) is 14.4 Å². The topological polar surface area (TPSA) is 94.2 Å². The summed E-state index contributed by atoms with van der Waals surface area (Å²) in [6.07, 6.45) is 0.956. The summed E-state index contributed by atoms with van der Waals surface area (Å²) in [7, 11) is 3.22. The van der Waals surface area contributed by atoms with E-state index in [1.165, 1.54) is 22.6 Å². The number of nitrogens with zero attached hydrogens (tertiary/aromatic N) is 1. The quantitative estimate of drug-likeness (QED) is 0.407. The van der Waals surface area contributed by atoms with Crippen molar-refractivity contribution in [1.82, 2.24) is 4.90 Å². The van der Waals surface area contributed by atoms with Gasteiger partial charge >= 0.3 is 5.97 Å². The number of amides is 2. The van der Waals surface area contributed by atoms with Gasteiger partial charge in [0.15, 0.2) is 13.2 Å². The lowest BCUT2D eigenvalue weighted by atomic mass is 10.1. The summed E-state index contributed by atoms with van der Waals surface area (Å²) in [5.41, 5.74) is 3.10. The van der Waals surface area contributed by atoms with Crippen molar-refractivity contribution in [3.63, 3.8) is 0 Å². The highest BCUT2D eigenvalue weighted by molar-refractivity contribution is 5.92. The number of carbonyl (C=O) groups excluding carboxylic acids is 3. The molecule has 0 aliphatic carbocycles.